The zero-order valence-corrected chi connectivity index (χ0v) is 13.9. The highest BCUT2D eigenvalue weighted by molar-refractivity contribution is 8.93. The number of nitrogens with zero attached hydrogens (tertiary/aromatic N) is 2. The van der Waals surface area contributed by atoms with Gasteiger partial charge in [0.15, 0.2) is 5.13 Å². The molecule has 1 aromatic carbocycles. The van der Waals surface area contributed by atoms with Crippen molar-refractivity contribution >= 4 is 33.4 Å². The third-order valence-corrected chi connectivity index (χ3v) is 4.43. The minimum Gasteiger partial charge on any atom is -0.348 e. The highest BCUT2D eigenvalue weighted by atomic mass is 79.9. The van der Waals surface area contributed by atoms with Gasteiger partial charge in [0.1, 0.15) is 0 Å². The van der Waals surface area contributed by atoms with E-state index < -0.39 is 0 Å². The molecule has 1 aliphatic heterocycles. The summed E-state index contributed by atoms with van der Waals surface area (Å²) in [4.78, 5) is 7.20. The quantitative estimate of drug-likeness (QED) is 0.795. The van der Waals surface area contributed by atoms with E-state index in [1.54, 1.807) is 11.3 Å². The predicted octanol–water partition coefficient (Wildman–Crippen LogP) is 4.61. The summed E-state index contributed by atoms with van der Waals surface area (Å²) in [6, 6.07) is 6.58. The minimum absolute atomic E-state index is 0. The van der Waals surface area contributed by atoms with Gasteiger partial charge < -0.3 is 4.90 Å². The molecule has 19 heavy (non-hydrogen) atoms. The zero-order chi connectivity index (χ0) is 12.5. The van der Waals surface area contributed by atoms with Crippen LogP contribution in [0.15, 0.2) is 23.6 Å². The molecule has 1 aliphatic rings. The molecule has 0 N–H and O–H groups in total. The highest BCUT2D eigenvalue weighted by Gasteiger charge is 2.16. The molecular weight excluding hydrogens is 320 g/mol. The first-order valence-corrected chi connectivity index (χ1v) is 7.40. The molecule has 2 heterocycles. The summed E-state index contributed by atoms with van der Waals surface area (Å²) >= 11 is 1.77. The van der Waals surface area contributed by atoms with Gasteiger partial charge in [0.05, 0.1) is 5.69 Å². The first kappa shape index (κ1) is 14.5. The van der Waals surface area contributed by atoms with E-state index in [9.17, 15) is 0 Å². The zero-order valence-electron chi connectivity index (χ0n) is 11.3. The summed E-state index contributed by atoms with van der Waals surface area (Å²) in [5.74, 6) is 0. The maximum absolute atomic E-state index is 4.80. The van der Waals surface area contributed by atoms with E-state index in [4.69, 9.17) is 4.98 Å². The van der Waals surface area contributed by atoms with Crippen LogP contribution in [0.3, 0.4) is 0 Å². The fourth-order valence-corrected chi connectivity index (χ4v) is 3.42. The van der Waals surface area contributed by atoms with Crippen LogP contribution < -0.4 is 4.90 Å². The third kappa shape index (κ3) is 3.00. The van der Waals surface area contributed by atoms with Crippen LogP contribution >= 0.6 is 28.3 Å². The molecule has 0 saturated carbocycles. The number of thiazole rings is 1. The van der Waals surface area contributed by atoms with Gasteiger partial charge in [0.2, 0.25) is 0 Å². The van der Waals surface area contributed by atoms with Gasteiger partial charge in [-0.1, -0.05) is 23.8 Å². The average molecular weight is 339 g/mol. The fraction of sp³-hybridized carbons (Fsp3) is 0.400. The molecule has 2 aromatic rings. The summed E-state index contributed by atoms with van der Waals surface area (Å²) in [6.07, 6.45) is 2.61. The second-order valence-electron chi connectivity index (χ2n) is 5.03. The second kappa shape index (κ2) is 6.06. The highest BCUT2D eigenvalue weighted by Crippen LogP contribution is 2.31. The molecule has 3 rings (SSSR count). The summed E-state index contributed by atoms with van der Waals surface area (Å²) in [5, 5.41) is 3.37. The predicted molar refractivity (Wildman–Crippen MR) is 88.8 cm³/mol. The molecule has 2 nitrogen and oxygen atoms in total. The lowest BCUT2D eigenvalue weighted by atomic mass is 10.0. The Morgan fingerprint density at radius 1 is 1.16 bits per heavy atom. The Labute approximate surface area is 129 Å². The standard InChI is InChI=1S/C15H18N2S.BrH/c1-11-5-6-13(12(2)9-11)14-10-18-15(16-14)17-7-3-4-8-17;/h5-6,9-10H,3-4,7-8H2,1-2H3;1H. The van der Waals surface area contributed by atoms with Gasteiger partial charge in [-0.2, -0.15) is 0 Å². The molecule has 102 valence electrons. The first-order chi connectivity index (χ1) is 8.74. The van der Waals surface area contributed by atoms with Gasteiger partial charge in [-0.25, -0.2) is 4.98 Å². The molecule has 1 saturated heterocycles. The smallest absolute Gasteiger partial charge is 0.185 e. The van der Waals surface area contributed by atoms with Crippen LogP contribution in [0.5, 0.6) is 0 Å². The molecule has 1 aromatic heterocycles. The van der Waals surface area contributed by atoms with E-state index in [1.807, 2.05) is 0 Å². The Morgan fingerprint density at radius 2 is 1.89 bits per heavy atom. The lowest BCUT2D eigenvalue weighted by Gasteiger charge is -2.12. The van der Waals surface area contributed by atoms with Crippen LogP contribution in [0, 0.1) is 13.8 Å². The number of benzene rings is 1. The minimum atomic E-state index is 0. The van der Waals surface area contributed by atoms with E-state index in [1.165, 1.54) is 47.8 Å². The number of aromatic nitrogens is 1. The van der Waals surface area contributed by atoms with Crippen molar-refractivity contribution in [2.24, 2.45) is 0 Å². The Morgan fingerprint density at radius 3 is 2.58 bits per heavy atom. The van der Waals surface area contributed by atoms with Gasteiger partial charge >= 0.3 is 0 Å². The Kier molecular flexibility index (Phi) is 4.63. The van der Waals surface area contributed by atoms with Crippen LogP contribution in [-0.4, -0.2) is 18.1 Å². The Bertz CT molecular complexity index is 559. The van der Waals surface area contributed by atoms with Crippen molar-refractivity contribution in [2.75, 3.05) is 18.0 Å². The Hall–Kier alpha value is -0.870. The molecule has 4 heteroatoms. The summed E-state index contributed by atoms with van der Waals surface area (Å²) in [6.45, 7) is 6.63. The number of aryl methyl sites for hydroxylation is 2. The van der Waals surface area contributed by atoms with Crippen LogP contribution in [0.2, 0.25) is 0 Å². The molecule has 0 atom stereocenters. The van der Waals surface area contributed by atoms with Crippen LogP contribution in [0.25, 0.3) is 11.3 Å². The average Bonchev–Trinajstić information content (AvgIpc) is 2.99. The van der Waals surface area contributed by atoms with Gasteiger partial charge in [0, 0.05) is 24.0 Å². The fourth-order valence-electron chi connectivity index (χ4n) is 2.54. The molecule has 1 fully saturated rings. The van der Waals surface area contributed by atoms with Crippen molar-refractivity contribution < 1.29 is 0 Å². The van der Waals surface area contributed by atoms with Crippen LogP contribution in [0.4, 0.5) is 5.13 Å². The SMILES string of the molecule is Br.Cc1ccc(-c2csc(N3CCCC3)n2)c(C)c1. The number of hydrogen-bond acceptors (Lipinski definition) is 3. The van der Waals surface area contributed by atoms with E-state index in [0.717, 1.165) is 5.69 Å². The molecule has 0 bridgehead atoms. The van der Waals surface area contributed by atoms with E-state index in [2.05, 4.69) is 42.3 Å². The lowest BCUT2D eigenvalue weighted by molar-refractivity contribution is 0.949. The Balaban J connectivity index is 0.00000133. The van der Waals surface area contributed by atoms with E-state index in [0.29, 0.717) is 0 Å². The molecular formula is C15H19BrN2S. The number of rotatable bonds is 2. The molecule has 0 amide bonds. The third-order valence-electron chi connectivity index (χ3n) is 3.53. The van der Waals surface area contributed by atoms with E-state index in [-0.39, 0.29) is 17.0 Å². The molecule has 0 spiro atoms. The maximum Gasteiger partial charge on any atom is 0.185 e. The number of hydrogen-bond donors (Lipinski definition) is 0. The number of anilines is 1. The van der Waals surface area contributed by atoms with Crippen molar-refractivity contribution in [2.45, 2.75) is 26.7 Å². The summed E-state index contributed by atoms with van der Waals surface area (Å²) < 4.78 is 0. The number of halogens is 1. The van der Waals surface area contributed by atoms with Gasteiger partial charge in [-0.15, -0.1) is 28.3 Å². The van der Waals surface area contributed by atoms with Crippen molar-refractivity contribution in [3.8, 4) is 11.3 Å². The maximum atomic E-state index is 4.80. The first-order valence-electron chi connectivity index (χ1n) is 6.52. The van der Waals surface area contributed by atoms with Gasteiger partial charge in [-0.05, 0) is 32.3 Å². The lowest BCUT2D eigenvalue weighted by Crippen LogP contribution is -2.17. The molecule has 0 unspecified atom stereocenters. The topological polar surface area (TPSA) is 16.1 Å². The van der Waals surface area contributed by atoms with E-state index >= 15 is 0 Å². The van der Waals surface area contributed by atoms with Crippen molar-refractivity contribution in [3.05, 3.63) is 34.7 Å². The van der Waals surface area contributed by atoms with Gasteiger partial charge in [-0.3, -0.25) is 0 Å². The van der Waals surface area contributed by atoms with Gasteiger partial charge in [0.25, 0.3) is 0 Å². The largest absolute Gasteiger partial charge is 0.348 e. The molecule has 0 aliphatic carbocycles. The van der Waals surface area contributed by atoms with Crippen LogP contribution in [-0.2, 0) is 0 Å². The summed E-state index contributed by atoms with van der Waals surface area (Å²) in [7, 11) is 0. The van der Waals surface area contributed by atoms with Crippen molar-refractivity contribution in [1.29, 1.82) is 0 Å². The summed E-state index contributed by atoms with van der Waals surface area (Å²) in [5.41, 5.74) is 5.02. The molecule has 0 radical (unpaired) electrons. The van der Waals surface area contributed by atoms with Crippen molar-refractivity contribution in [1.82, 2.24) is 4.98 Å². The van der Waals surface area contributed by atoms with Crippen LogP contribution in [0.1, 0.15) is 24.0 Å². The normalized spacial score (nSPS) is 14.5. The monoisotopic (exact) mass is 338 g/mol. The van der Waals surface area contributed by atoms with Crippen molar-refractivity contribution in [3.63, 3.8) is 0 Å². The second-order valence-corrected chi connectivity index (χ2v) is 5.86.